The number of hydrogen-bond donors (Lipinski definition) is 2. The Morgan fingerprint density at radius 3 is 2.85 bits per heavy atom. The molecule has 0 spiro atoms. The molecule has 3 N–H and O–H groups in total. The van der Waals surface area contributed by atoms with Gasteiger partial charge in [0.1, 0.15) is 11.6 Å². The van der Waals surface area contributed by atoms with Crippen molar-refractivity contribution in [1.82, 2.24) is 9.97 Å². The van der Waals surface area contributed by atoms with Crippen molar-refractivity contribution in [2.24, 2.45) is 5.73 Å². The molecule has 0 fully saturated rings. The molecule has 0 radical (unpaired) electrons. The number of methoxy groups -OCH3 is 1. The first kappa shape index (κ1) is 14.6. The maximum atomic E-state index is 5.50. The summed E-state index contributed by atoms with van der Waals surface area (Å²) in [6.45, 7) is 2.84. The lowest BCUT2D eigenvalue weighted by Crippen LogP contribution is -1.98. The molecule has 0 aliphatic carbocycles. The maximum absolute atomic E-state index is 5.50. The minimum absolute atomic E-state index is 0.768. The molecule has 1 heterocycles. The highest BCUT2D eigenvalue weighted by atomic mass is 16.5. The molecule has 0 bridgehead atoms. The Kier molecular flexibility index (Phi) is 5.18. The highest BCUT2D eigenvalue weighted by Crippen LogP contribution is 2.29. The Bertz CT molecular complexity index is 548. The van der Waals surface area contributed by atoms with Crippen molar-refractivity contribution in [3.8, 4) is 17.0 Å². The molecule has 20 heavy (non-hydrogen) atoms. The number of rotatable bonds is 7. The van der Waals surface area contributed by atoms with Gasteiger partial charge in [0.25, 0.3) is 0 Å². The molecule has 1 aromatic heterocycles. The van der Waals surface area contributed by atoms with Crippen molar-refractivity contribution in [1.29, 1.82) is 0 Å². The normalized spacial score (nSPS) is 10.8. The Balaban J connectivity index is 2.10. The molecule has 2 aromatic rings. The molecule has 1 aromatic carbocycles. The Morgan fingerprint density at radius 1 is 1.25 bits per heavy atom. The van der Waals surface area contributed by atoms with Gasteiger partial charge in [0.15, 0.2) is 0 Å². The van der Waals surface area contributed by atoms with Crippen LogP contribution in [0.5, 0.6) is 5.75 Å². The summed E-state index contributed by atoms with van der Waals surface area (Å²) in [5.41, 5.74) is 8.78. The highest BCUT2D eigenvalue weighted by Gasteiger charge is 2.09. The first-order valence-electron chi connectivity index (χ1n) is 7.13. The number of aromatic amines is 1. The zero-order valence-electron chi connectivity index (χ0n) is 12.3. The molecule has 0 atom stereocenters. The van der Waals surface area contributed by atoms with Crippen LogP contribution in [-0.2, 0) is 6.42 Å². The van der Waals surface area contributed by atoms with Gasteiger partial charge in [0.2, 0.25) is 0 Å². The van der Waals surface area contributed by atoms with Crippen LogP contribution in [0.25, 0.3) is 11.3 Å². The predicted octanol–water partition coefficient (Wildman–Crippen LogP) is 3.07. The van der Waals surface area contributed by atoms with Crippen molar-refractivity contribution in [3.05, 3.63) is 35.8 Å². The minimum Gasteiger partial charge on any atom is -0.496 e. The molecule has 0 unspecified atom stereocenters. The second kappa shape index (κ2) is 7.10. The van der Waals surface area contributed by atoms with Gasteiger partial charge in [0, 0.05) is 12.0 Å². The van der Waals surface area contributed by atoms with Gasteiger partial charge in [-0.3, -0.25) is 0 Å². The average molecular weight is 273 g/mol. The Labute approximate surface area is 120 Å². The Hall–Kier alpha value is -1.81. The van der Waals surface area contributed by atoms with Crippen LogP contribution in [0.4, 0.5) is 0 Å². The summed E-state index contributed by atoms with van der Waals surface area (Å²) in [5, 5.41) is 0. The van der Waals surface area contributed by atoms with Gasteiger partial charge < -0.3 is 15.5 Å². The number of aromatic nitrogens is 2. The number of unbranched alkanes of at least 4 members (excludes halogenated alkanes) is 2. The molecule has 0 aliphatic heterocycles. The second-order valence-corrected chi connectivity index (χ2v) is 5.05. The highest BCUT2D eigenvalue weighted by molar-refractivity contribution is 5.67. The number of H-pyrrole nitrogens is 1. The van der Waals surface area contributed by atoms with Crippen molar-refractivity contribution >= 4 is 0 Å². The van der Waals surface area contributed by atoms with E-state index in [-0.39, 0.29) is 0 Å². The zero-order valence-corrected chi connectivity index (χ0v) is 12.3. The zero-order chi connectivity index (χ0) is 14.4. The average Bonchev–Trinajstić information content (AvgIpc) is 2.92. The molecule has 2 rings (SSSR count). The van der Waals surface area contributed by atoms with Crippen LogP contribution < -0.4 is 10.5 Å². The van der Waals surface area contributed by atoms with E-state index in [9.17, 15) is 0 Å². The fourth-order valence-corrected chi connectivity index (χ4v) is 2.27. The van der Waals surface area contributed by atoms with E-state index in [1.165, 1.54) is 5.56 Å². The summed E-state index contributed by atoms with van der Waals surface area (Å²) in [6, 6.07) is 6.16. The first-order valence-corrected chi connectivity index (χ1v) is 7.13. The summed E-state index contributed by atoms with van der Waals surface area (Å²) in [4.78, 5) is 7.84. The van der Waals surface area contributed by atoms with Crippen LogP contribution in [-0.4, -0.2) is 23.6 Å². The molecule has 108 valence electrons. The van der Waals surface area contributed by atoms with Gasteiger partial charge in [-0.25, -0.2) is 4.98 Å². The summed E-state index contributed by atoms with van der Waals surface area (Å²) < 4.78 is 5.42. The van der Waals surface area contributed by atoms with E-state index in [2.05, 4.69) is 23.0 Å². The van der Waals surface area contributed by atoms with E-state index in [0.717, 1.165) is 55.1 Å². The number of nitrogens with zero attached hydrogens (tertiary/aromatic N) is 1. The summed E-state index contributed by atoms with van der Waals surface area (Å²) >= 11 is 0. The second-order valence-electron chi connectivity index (χ2n) is 5.05. The predicted molar refractivity (Wildman–Crippen MR) is 81.9 cm³/mol. The lowest BCUT2D eigenvalue weighted by Gasteiger charge is -2.07. The van der Waals surface area contributed by atoms with E-state index in [1.54, 1.807) is 7.11 Å². The van der Waals surface area contributed by atoms with Crippen LogP contribution in [0.1, 0.15) is 30.7 Å². The summed E-state index contributed by atoms with van der Waals surface area (Å²) in [5.74, 6) is 1.90. The summed E-state index contributed by atoms with van der Waals surface area (Å²) in [7, 11) is 1.69. The fraction of sp³-hybridized carbons (Fsp3) is 0.438. The van der Waals surface area contributed by atoms with E-state index in [4.69, 9.17) is 10.5 Å². The van der Waals surface area contributed by atoms with Crippen LogP contribution in [0, 0.1) is 6.92 Å². The third-order valence-electron chi connectivity index (χ3n) is 3.39. The number of aryl methyl sites for hydroxylation is 2. The number of nitrogens with two attached hydrogens (primary N) is 1. The van der Waals surface area contributed by atoms with Crippen LogP contribution >= 0.6 is 0 Å². The van der Waals surface area contributed by atoms with Crippen LogP contribution in [0.2, 0.25) is 0 Å². The fourth-order valence-electron chi connectivity index (χ4n) is 2.27. The molecular weight excluding hydrogens is 250 g/mol. The molecule has 4 heteroatoms. The number of ether oxygens (including phenoxy) is 1. The SMILES string of the molecule is COc1ccc(C)cc1-c1cnc(CCCCCN)[nH]1. The standard InChI is InChI=1S/C16H23N3O/c1-12-7-8-15(20-2)13(10-12)14-11-18-16(19-14)6-4-3-5-9-17/h7-8,10-11H,3-6,9,17H2,1-2H3,(H,18,19). The molecule has 0 aliphatic rings. The van der Waals surface area contributed by atoms with E-state index in [0.29, 0.717) is 0 Å². The largest absolute Gasteiger partial charge is 0.496 e. The van der Waals surface area contributed by atoms with Gasteiger partial charge >= 0.3 is 0 Å². The van der Waals surface area contributed by atoms with E-state index < -0.39 is 0 Å². The molecular formula is C16H23N3O. The lowest BCUT2D eigenvalue weighted by atomic mass is 10.1. The monoisotopic (exact) mass is 273 g/mol. The van der Waals surface area contributed by atoms with E-state index in [1.807, 2.05) is 18.3 Å². The van der Waals surface area contributed by atoms with Gasteiger partial charge in [0.05, 0.1) is 19.0 Å². The minimum atomic E-state index is 0.768. The third-order valence-corrected chi connectivity index (χ3v) is 3.39. The van der Waals surface area contributed by atoms with Gasteiger partial charge in [-0.2, -0.15) is 0 Å². The molecule has 0 amide bonds. The molecule has 0 saturated carbocycles. The topological polar surface area (TPSA) is 63.9 Å². The van der Waals surface area contributed by atoms with Crippen molar-refractivity contribution in [2.45, 2.75) is 32.6 Å². The Morgan fingerprint density at radius 2 is 2.10 bits per heavy atom. The van der Waals surface area contributed by atoms with Crippen molar-refractivity contribution < 1.29 is 4.74 Å². The first-order chi connectivity index (χ1) is 9.74. The van der Waals surface area contributed by atoms with Gasteiger partial charge in [-0.15, -0.1) is 0 Å². The third kappa shape index (κ3) is 3.61. The quantitative estimate of drug-likeness (QED) is 0.762. The van der Waals surface area contributed by atoms with Crippen molar-refractivity contribution in [3.63, 3.8) is 0 Å². The van der Waals surface area contributed by atoms with Gasteiger partial charge in [-0.05, 0) is 38.4 Å². The van der Waals surface area contributed by atoms with Crippen LogP contribution in [0.3, 0.4) is 0 Å². The number of benzene rings is 1. The number of hydrogen-bond acceptors (Lipinski definition) is 3. The maximum Gasteiger partial charge on any atom is 0.128 e. The van der Waals surface area contributed by atoms with Crippen LogP contribution in [0.15, 0.2) is 24.4 Å². The number of imidazole rings is 1. The number of nitrogens with one attached hydrogen (secondary N) is 1. The van der Waals surface area contributed by atoms with Crippen molar-refractivity contribution in [2.75, 3.05) is 13.7 Å². The molecule has 0 saturated heterocycles. The van der Waals surface area contributed by atoms with E-state index >= 15 is 0 Å². The lowest BCUT2D eigenvalue weighted by molar-refractivity contribution is 0.416. The molecule has 4 nitrogen and oxygen atoms in total. The smallest absolute Gasteiger partial charge is 0.128 e. The van der Waals surface area contributed by atoms with Gasteiger partial charge in [-0.1, -0.05) is 18.1 Å². The summed E-state index contributed by atoms with van der Waals surface area (Å²) in [6.07, 6.45) is 6.21.